The Morgan fingerprint density at radius 1 is 1.27 bits per heavy atom. The molecule has 1 aliphatic heterocycles. The zero-order chi connectivity index (χ0) is 17.9. The maximum Gasteiger partial charge on any atom is 0.258 e. The standard InChI is InChI=1S/C20H23N5O/c1-15-5-6-18(21-11-15)22-12-16-7-9-24(13-16)14-17-10-20(26)25-8-3-2-4-19(25)23-17/h2-6,8,10-11,16H,7,9,12-14H2,1H3,(H,21,22)/t16-/m0/s1. The molecule has 1 saturated heterocycles. The summed E-state index contributed by atoms with van der Waals surface area (Å²) in [6, 6.07) is 11.4. The first-order valence-electron chi connectivity index (χ1n) is 9.03. The van der Waals surface area contributed by atoms with Crippen molar-refractivity contribution in [3.63, 3.8) is 0 Å². The average molecular weight is 349 g/mol. The highest BCUT2D eigenvalue weighted by Crippen LogP contribution is 2.18. The molecule has 0 aliphatic carbocycles. The number of aryl methyl sites for hydroxylation is 1. The molecule has 4 rings (SSSR count). The second kappa shape index (κ2) is 7.25. The Morgan fingerprint density at radius 3 is 3.04 bits per heavy atom. The van der Waals surface area contributed by atoms with Crippen LogP contribution in [0.5, 0.6) is 0 Å². The van der Waals surface area contributed by atoms with Gasteiger partial charge in [-0.1, -0.05) is 12.1 Å². The summed E-state index contributed by atoms with van der Waals surface area (Å²) in [5.41, 5.74) is 2.70. The number of rotatable bonds is 5. The van der Waals surface area contributed by atoms with Gasteiger partial charge < -0.3 is 5.32 Å². The van der Waals surface area contributed by atoms with Crippen LogP contribution in [-0.2, 0) is 6.54 Å². The first kappa shape index (κ1) is 16.7. The lowest BCUT2D eigenvalue weighted by Crippen LogP contribution is -2.25. The van der Waals surface area contributed by atoms with Crippen LogP contribution in [-0.4, -0.2) is 38.9 Å². The summed E-state index contributed by atoms with van der Waals surface area (Å²) in [5, 5.41) is 3.42. The number of aromatic nitrogens is 3. The maximum absolute atomic E-state index is 12.2. The zero-order valence-corrected chi connectivity index (χ0v) is 14.9. The molecule has 0 spiro atoms. The topological polar surface area (TPSA) is 62.5 Å². The van der Waals surface area contributed by atoms with Crippen molar-refractivity contribution in [2.24, 2.45) is 5.92 Å². The molecule has 0 saturated carbocycles. The van der Waals surface area contributed by atoms with Crippen molar-refractivity contribution in [1.29, 1.82) is 0 Å². The van der Waals surface area contributed by atoms with Gasteiger partial charge in [-0.15, -0.1) is 0 Å². The minimum Gasteiger partial charge on any atom is -0.370 e. The fourth-order valence-corrected chi connectivity index (χ4v) is 3.46. The maximum atomic E-state index is 12.2. The lowest BCUT2D eigenvalue weighted by molar-refractivity contribution is 0.315. The highest BCUT2D eigenvalue weighted by molar-refractivity contribution is 5.38. The van der Waals surface area contributed by atoms with E-state index >= 15 is 0 Å². The second-order valence-corrected chi connectivity index (χ2v) is 7.01. The van der Waals surface area contributed by atoms with E-state index in [-0.39, 0.29) is 5.56 Å². The fraction of sp³-hybridized carbons (Fsp3) is 0.350. The van der Waals surface area contributed by atoms with Crippen LogP contribution in [0.1, 0.15) is 17.7 Å². The summed E-state index contributed by atoms with van der Waals surface area (Å²) < 4.78 is 1.58. The average Bonchev–Trinajstić information content (AvgIpc) is 3.09. The van der Waals surface area contributed by atoms with Gasteiger partial charge in [-0.05, 0) is 49.6 Å². The number of fused-ring (bicyclic) bond motifs is 1. The molecule has 0 unspecified atom stereocenters. The predicted molar refractivity (Wildman–Crippen MR) is 102 cm³/mol. The fourth-order valence-electron chi connectivity index (χ4n) is 3.46. The lowest BCUT2D eigenvalue weighted by atomic mass is 10.1. The predicted octanol–water partition coefficient (Wildman–Crippen LogP) is 2.33. The van der Waals surface area contributed by atoms with Crippen molar-refractivity contribution >= 4 is 11.5 Å². The van der Waals surface area contributed by atoms with E-state index in [1.807, 2.05) is 37.4 Å². The van der Waals surface area contributed by atoms with E-state index in [2.05, 4.69) is 26.3 Å². The minimum absolute atomic E-state index is 0.0199. The van der Waals surface area contributed by atoms with Gasteiger partial charge in [-0.3, -0.25) is 14.1 Å². The van der Waals surface area contributed by atoms with E-state index in [4.69, 9.17) is 0 Å². The molecule has 4 heterocycles. The van der Waals surface area contributed by atoms with Gasteiger partial charge in [0.25, 0.3) is 5.56 Å². The van der Waals surface area contributed by atoms with Crippen molar-refractivity contribution in [3.05, 3.63) is 70.4 Å². The summed E-state index contributed by atoms with van der Waals surface area (Å²) in [6.07, 6.45) is 4.78. The Bertz CT molecular complexity index is 950. The lowest BCUT2D eigenvalue weighted by Gasteiger charge is -2.16. The first-order valence-corrected chi connectivity index (χ1v) is 9.03. The van der Waals surface area contributed by atoms with Crippen molar-refractivity contribution in [2.75, 3.05) is 25.0 Å². The van der Waals surface area contributed by atoms with Crippen LogP contribution in [0, 0.1) is 12.8 Å². The van der Waals surface area contributed by atoms with Crippen molar-refractivity contribution in [3.8, 4) is 0 Å². The van der Waals surface area contributed by atoms with Crippen molar-refractivity contribution in [2.45, 2.75) is 19.9 Å². The van der Waals surface area contributed by atoms with Crippen molar-refractivity contribution < 1.29 is 0 Å². The van der Waals surface area contributed by atoms with E-state index < -0.39 is 0 Å². The van der Waals surface area contributed by atoms with Crippen LogP contribution >= 0.6 is 0 Å². The number of hydrogen-bond acceptors (Lipinski definition) is 5. The van der Waals surface area contributed by atoms with Crippen LogP contribution in [0.4, 0.5) is 5.82 Å². The molecular weight excluding hydrogens is 326 g/mol. The van der Waals surface area contributed by atoms with Crippen molar-refractivity contribution in [1.82, 2.24) is 19.3 Å². The molecule has 3 aromatic rings. The van der Waals surface area contributed by atoms with Crippen LogP contribution < -0.4 is 10.9 Å². The van der Waals surface area contributed by atoms with Gasteiger partial charge in [0.2, 0.25) is 0 Å². The Labute approximate surface area is 152 Å². The summed E-state index contributed by atoms with van der Waals surface area (Å²) in [6.45, 7) is 5.72. The molecular formula is C20H23N5O. The second-order valence-electron chi connectivity index (χ2n) is 7.01. The van der Waals surface area contributed by atoms with E-state index in [0.29, 0.717) is 11.6 Å². The summed E-state index contributed by atoms with van der Waals surface area (Å²) >= 11 is 0. The van der Waals surface area contributed by atoms with Gasteiger partial charge in [0.05, 0.1) is 5.69 Å². The Kier molecular flexibility index (Phi) is 4.67. The molecule has 0 amide bonds. The third-order valence-corrected chi connectivity index (χ3v) is 4.86. The number of pyridine rings is 2. The van der Waals surface area contributed by atoms with Gasteiger partial charge in [0.1, 0.15) is 11.5 Å². The Morgan fingerprint density at radius 2 is 2.19 bits per heavy atom. The third kappa shape index (κ3) is 3.75. The first-order chi connectivity index (χ1) is 12.7. The molecule has 0 radical (unpaired) electrons. The number of nitrogens with zero attached hydrogens (tertiary/aromatic N) is 4. The number of nitrogens with one attached hydrogen (secondary N) is 1. The quantitative estimate of drug-likeness (QED) is 0.766. The monoisotopic (exact) mass is 349 g/mol. The van der Waals surface area contributed by atoms with Gasteiger partial charge in [0.15, 0.2) is 0 Å². The van der Waals surface area contributed by atoms with Crippen LogP contribution in [0.3, 0.4) is 0 Å². The smallest absolute Gasteiger partial charge is 0.258 e. The van der Waals surface area contributed by atoms with E-state index in [1.54, 1.807) is 16.7 Å². The molecule has 1 aliphatic rings. The number of anilines is 1. The molecule has 1 atom stereocenters. The summed E-state index contributed by atoms with van der Waals surface area (Å²) in [7, 11) is 0. The highest BCUT2D eigenvalue weighted by Gasteiger charge is 2.23. The molecule has 1 N–H and O–H groups in total. The van der Waals surface area contributed by atoms with Crippen LogP contribution in [0.25, 0.3) is 5.65 Å². The number of hydrogen-bond donors (Lipinski definition) is 1. The van der Waals surface area contributed by atoms with Gasteiger partial charge in [0, 0.05) is 38.1 Å². The molecule has 134 valence electrons. The normalized spacial score (nSPS) is 17.7. The van der Waals surface area contributed by atoms with Gasteiger partial charge in [-0.25, -0.2) is 9.97 Å². The molecule has 6 heteroatoms. The van der Waals surface area contributed by atoms with E-state index in [9.17, 15) is 4.79 Å². The highest BCUT2D eigenvalue weighted by atomic mass is 16.1. The summed E-state index contributed by atoms with van der Waals surface area (Å²) in [5.74, 6) is 1.51. The Hall–Kier alpha value is -2.73. The zero-order valence-electron chi connectivity index (χ0n) is 14.9. The Balaban J connectivity index is 1.35. The molecule has 0 aromatic carbocycles. The van der Waals surface area contributed by atoms with E-state index in [1.165, 1.54) is 5.56 Å². The molecule has 0 bridgehead atoms. The molecule has 26 heavy (non-hydrogen) atoms. The van der Waals surface area contributed by atoms with Crippen LogP contribution in [0.15, 0.2) is 53.6 Å². The molecule has 3 aromatic heterocycles. The van der Waals surface area contributed by atoms with Gasteiger partial charge in [-0.2, -0.15) is 0 Å². The molecule has 1 fully saturated rings. The minimum atomic E-state index is -0.0199. The SMILES string of the molecule is Cc1ccc(NC[C@@H]2CCN(Cc3cc(=O)n4ccccc4n3)C2)nc1. The van der Waals surface area contributed by atoms with Crippen LogP contribution in [0.2, 0.25) is 0 Å². The molecule has 6 nitrogen and oxygen atoms in total. The third-order valence-electron chi connectivity index (χ3n) is 4.86. The largest absolute Gasteiger partial charge is 0.370 e. The summed E-state index contributed by atoms with van der Waals surface area (Å²) in [4.78, 5) is 23.6. The van der Waals surface area contributed by atoms with Gasteiger partial charge >= 0.3 is 0 Å². The number of likely N-dealkylation sites (tertiary alicyclic amines) is 1. The van der Waals surface area contributed by atoms with E-state index in [0.717, 1.165) is 44.1 Å².